The highest BCUT2D eigenvalue weighted by Gasteiger charge is 2.41. The highest BCUT2D eigenvalue weighted by molar-refractivity contribution is 5.96. The average molecular weight is 465 g/mol. The number of benzene rings is 1. The van der Waals surface area contributed by atoms with Gasteiger partial charge in [-0.25, -0.2) is 4.68 Å². The third kappa shape index (κ3) is 4.10. The number of rotatable bonds is 4. The lowest BCUT2D eigenvalue weighted by molar-refractivity contribution is -0.143. The van der Waals surface area contributed by atoms with E-state index in [9.17, 15) is 23.2 Å². The molecule has 3 heterocycles. The fraction of sp³-hybridized carbons (Fsp3) is 0.143. The van der Waals surface area contributed by atoms with E-state index in [2.05, 4.69) is 25.9 Å². The van der Waals surface area contributed by atoms with Crippen LogP contribution in [-0.4, -0.2) is 37.2 Å². The second-order valence-electron chi connectivity index (χ2n) is 7.10. The van der Waals surface area contributed by atoms with Gasteiger partial charge in [0.2, 0.25) is 0 Å². The standard InChI is InChI=1S/C21H14F3N9O/c1-12-6-13(8-25)2-3-17(12)32-18(21(22,23)24)16(11-30-32)20(34)31-15-7-14(9-26)19(27-10-15)33-28-4-5-29-33/h2-7,11,27H,10H2,1H3,(H,31,34). The number of hydrogen-bond donors (Lipinski definition) is 2. The molecule has 0 radical (unpaired) electrons. The number of dihydropyridines is 1. The minimum Gasteiger partial charge on any atom is -0.362 e. The van der Waals surface area contributed by atoms with Crippen LogP contribution >= 0.6 is 0 Å². The second kappa shape index (κ2) is 8.55. The fourth-order valence-corrected chi connectivity index (χ4v) is 3.39. The molecular weight excluding hydrogens is 451 g/mol. The Balaban J connectivity index is 1.69. The van der Waals surface area contributed by atoms with Gasteiger partial charge < -0.3 is 10.6 Å². The molecule has 0 spiro atoms. The largest absolute Gasteiger partial charge is 0.434 e. The van der Waals surface area contributed by atoms with Gasteiger partial charge in [0.15, 0.2) is 11.5 Å². The van der Waals surface area contributed by atoms with Gasteiger partial charge >= 0.3 is 6.18 Å². The molecule has 1 amide bonds. The van der Waals surface area contributed by atoms with E-state index in [-0.39, 0.29) is 34.9 Å². The van der Waals surface area contributed by atoms with Gasteiger partial charge in [-0.2, -0.15) is 39.0 Å². The molecule has 10 nitrogen and oxygen atoms in total. The Morgan fingerprint density at radius 3 is 2.53 bits per heavy atom. The summed E-state index contributed by atoms with van der Waals surface area (Å²) in [5.74, 6) is -0.776. The molecule has 3 aromatic rings. The fourth-order valence-electron chi connectivity index (χ4n) is 3.39. The molecule has 2 N–H and O–H groups in total. The van der Waals surface area contributed by atoms with E-state index in [1.807, 2.05) is 12.1 Å². The predicted molar refractivity (Wildman–Crippen MR) is 110 cm³/mol. The monoisotopic (exact) mass is 465 g/mol. The van der Waals surface area contributed by atoms with Crippen molar-refractivity contribution >= 4 is 11.7 Å². The molecule has 170 valence electrons. The lowest BCUT2D eigenvalue weighted by atomic mass is 10.1. The number of carbonyl (C=O) groups is 1. The first-order valence-corrected chi connectivity index (χ1v) is 9.66. The van der Waals surface area contributed by atoms with E-state index in [0.717, 1.165) is 6.20 Å². The maximum absolute atomic E-state index is 14.0. The zero-order chi connectivity index (χ0) is 24.5. The van der Waals surface area contributed by atoms with Crippen LogP contribution in [0.3, 0.4) is 0 Å². The quantitative estimate of drug-likeness (QED) is 0.603. The van der Waals surface area contributed by atoms with Crippen molar-refractivity contribution in [3.8, 4) is 17.8 Å². The highest BCUT2D eigenvalue weighted by Crippen LogP contribution is 2.34. The van der Waals surface area contributed by atoms with Gasteiger partial charge in [0.05, 0.1) is 53.6 Å². The molecule has 1 aliphatic heterocycles. The Morgan fingerprint density at radius 2 is 1.91 bits per heavy atom. The van der Waals surface area contributed by atoms with E-state index in [1.54, 1.807) is 0 Å². The molecular formula is C21H14F3N9O. The highest BCUT2D eigenvalue weighted by atomic mass is 19.4. The molecule has 4 rings (SSSR count). The minimum atomic E-state index is -4.90. The van der Waals surface area contributed by atoms with Gasteiger partial charge in [0.25, 0.3) is 5.91 Å². The summed E-state index contributed by atoms with van der Waals surface area (Å²) in [5, 5.41) is 35.3. The number of nitrogens with zero attached hydrogens (tertiary/aromatic N) is 7. The summed E-state index contributed by atoms with van der Waals surface area (Å²) in [6.45, 7) is 1.55. The number of aromatic nitrogens is 5. The first kappa shape index (κ1) is 22.3. The molecule has 0 aliphatic carbocycles. The summed E-state index contributed by atoms with van der Waals surface area (Å²) in [7, 11) is 0. The van der Waals surface area contributed by atoms with E-state index in [1.165, 1.54) is 48.4 Å². The number of aryl methyl sites for hydroxylation is 1. The van der Waals surface area contributed by atoms with Crippen LogP contribution in [0.25, 0.3) is 11.5 Å². The van der Waals surface area contributed by atoms with E-state index in [4.69, 9.17) is 5.26 Å². The number of hydrogen-bond acceptors (Lipinski definition) is 7. The molecule has 34 heavy (non-hydrogen) atoms. The van der Waals surface area contributed by atoms with Crippen LogP contribution in [-0.2, 0) is 6.18 Å². The molecule has 0 fully saturated rings. The average Bonchev–Trinajstić information content (AvgIpc) is 3.49. The molecule has 0 unspecified atom stereocenters. The first-order valence-electron chi connectivity index (χ1n) is 9.66. The number of nitrogens with one attached hydrogen (secondary N) is 2. The number of alkyl halides is 3. The van der Waals surface area contributed by atoms with Crippen molar-refractivity contribution in [1.82, 2.24) is 35.4 Å². The Hall–Kier alpha value is -4.91. The smallest absolute Gasteiger partial charge is 0.362 e. The molecule has 0 saturated heterocycles. The zero-order valence-electron chi connectivity index (χ0n) is 17.4. The van der Waals surface area contributed by atoms with Crippen molar-refractivity contribution < 1.29 is 18.0 Å². The van der Waals surface area contributed by atoms with Gasteiger partial charge in [0.1, 0.15) is 6.07 Å². The number of amides is 1. The number of halogens is 3. The maximum Gasteiger partial charge on any atom is 0.434 e. The maximum atomic E-state index is 14.0. The molecule has 0 saturated carbocycles. The Morgan fingerprint density at radius 1 is 1.18 bits per heavy atom. The van der Waals surface area contributed by atoms with Crippen LogP contribution in [0.15, 0.2) is 54.1 Å². The van der Waals surface area contributed by atoms with Crippen molar-refractivity contribution in [2.24, 2.45) is 0 Å². The molecule has 2 aromatic heterocycles. The summed E-state index contributed by atoms with van der Waals surface area (Å²) < 4.78 is 42.6. The van der Waals surface area contributed by atoms with Gasteiger partial charge in [-0.05, 0) is 36.8 Å². The predicted octanol–water partition coefficient (Wildman–Crippen LogP) is 2.27. The Kier molecular flexibility index (Phi) is 5.61. The van der Waals surface area contributed by atoms with E-state index < -0.39 is 23.3 Å². The van der Waals surface area contributed by atoms with Crippen LogP contribution in [0.2, 0.25) is 0 Å². The third-order valence-corrected chi connectivity index (χ3v) is 4.87. The van der Waals surface area contributed by atoms with Crippen molar-refractivity contribution in [2.45, 2.75) is 13.1 Å². The van der Waals surface area contributed by atoms with Crippen LogP contribution in [0.4, 0.5) is 13.2 Å². The van der Waals surface area contributed by atoms with Crippen LogP contribution in [0, 0.1) is 29.6 Å². The van der Waals surface area contributed by atoms with E-state index >= 15 is 0 Å². The molecule has 0 bridgehead atoms. The Labute approximate surface area is 190 Å². The van der Waals surface area contributed by atoms with E-state index in [0.29, 0.717) is 10.2 Å². The molecule has 0 atom stereocenters. The summed E-state index contributed by atoms with van der Waals surface area (Å²) in [4.78, 5) is 14.0. The van der Waals surface area contributed by atoms with Crippen molar-refractivity contribution in [3.63, 3.8) is 0 Å². The Bertz CT molecular complexity index is 1420. The van der Waals surface area contributed by atoms with Gasteiger partial charge in [0, 0.05) is 5.70 Å². The van der Waals surface area contributed by atoms with Gasteiger partial charge in [-0.3, -0.25) is 4.79 Å². The zero-order valence-corrected chi connectivity index (χ0v) is 17.4. The number of carbonyl (C=O) groups excluding carboxylic acids is 1. The van der Waals surface area contributed by atoms with Gasteiger partial charge in [-0.1, -0.05) is 0 Å². The SMILES string of the molecule is Cc1cc(C#N)ccc1-n1ncc(C(=O)NC2=CC(C#N)=C(n3nccn3)NC2)c1C(F)(F)F. The molecule has 1 aliphatic rings. The third-order valence-electron chi connectivity index (χ3n) is 4.87. The topological polar surface area (TPSA) is 137 Å². The first-order chi connectivity index (χ1) is 16.2. The molecule has 1 aromatic carbocycles. The van der Waals surface area contributed by atoms with Crippen LogP contribution in [0.1, 0.15) is 27.2 Å². The summed E-state index contributed by atoms with van der Waals surface area (Å²) in [6, 6.07) is 7.97. The second-order valence-corrected chi connectivity index (χ2v) is 7.10. The summed E-state index contributed by atoms with van der Waals surface area (Å²) >= 11 is 0. The van der Waals surface area contributed by atoms with Crippen LogP contribution < -0.4 is 10.6 Å². The summed E-state index contributed by atoms with van der Waals surface area (Å²) in [5.41, 5.74) is -0.968. The van der Waals surface area contributed by atoms with Gasteiger partial charge in [-0.15, -0.1) is 4.80 Å². The summed E-state index contributed by atoms with van der Waals surface area (Å²) in [6.07, 6.45) is 0.0782. The van der Waals surface area contributed by atoms with Crippen molar-refractivity contribution in [2.75, 3.05) is 6.54 Å². The number of allylic oxidation sites excluding steroid dienone is 2. The van der Waals surface area contributed by atoms with Crippen molar-refractivity contribution in [3.05, 3.63) is 76.5 Å². The van der Waals surface area contributed by atoms with Crippen LogP contribution in [0.5, 0.6) is 0 Å². The normalized spacial score (nSPS) is 13.5. The molecule has 13 heteroatoms. The lowest BCUT2D eigenvalue weighted by Crippen LogP contribution is -2.34. The van der Waals surface area contributed by atoms with Crippen molar-refractivity contribution in [1.29, 1.82) is 10.5 Å². The lowest BCUT2D eigenvalue weighted by Gasteiger charge is -2.19. The minimum absolute atomic E-state index is 0.0119. The number of nitriles is 2.